The second kappa shape index (κ2) is 8.08. The van der Waals surface area contributed by atoms with Crippen LogP contribution >= 0.6 is 0 Å². The molecule has 2 aromatic heterocycles. The number of fused-ring (bicyclic) bond motifs is 1. The monoisotopic (exact) mass is 383 g/mol. The molecule has 0 aliphatic carbocycles. The van der Waals surface area contributed by atoms with Gasteiger partial charge in [-0.3, -0.25) is 4.90 Å². The Bertz CT molecular complexity index is 934. The molecule has 2 amide bonds. The average Bonchev–Trinajstić information content (AvgIpc) is 3.32. The van der Waals surface area contributed by atoms with E-state index in [9.17, 15) is 9.90 Å². The number of aryl methyl sites for hydroxylation is 1. The Morgan fingerprint density at radius 2 is 2.18 bits per heavy atom. The third-order valence-corrected chi connectivity index (χ3v) is 5.20. The van der Waals surface area contributed by atoms with Crippen molar-refractivity contribution in [2.24, 2.45) is 0 Å². The maximum Gasteiger partial charge on any atom is 0.322 e. The number of para-hydroxylation sites is 1. The quantitative estimate of drug-likeness (QED) is 0.705. The van der Waals surface area contributed by atoms with Gasteiger partial charge < -0.3 is 24.2 Å². The lowest BCUT2D eigenvalue weighted by atomic mass is 10.1. The van der Waals surface area contributed by atoms with Gasteiger partial charge in [0.05, 0.1) is 18.5 Å². The summed E-state index contributed by atoms with van der Waals surface area (Å²) in [4.78, 5) is 16.9. The number of rotatable bonds is 5. The van der Waals surface area contributed by atoms with Crippen molar-refractivity contribution < 1.29 is 18.7 Å². The molecule has 4 rings (SSSR count). The first-order valence-corrected chi connectivity index (χ1v) is 9.56. The molecule has 0 spiro atoms. The van der Waals surface area contributed by atoms with Crippen LogP contribution in [0.15, 0.2) is 51.5 Å². The van der Waals surface area contributed by atoms with Crippen LogP contribution in [-0.2, 0) is 6.54 Å². The highest BCUT2D eigenvalue weighted by molar-refractivity contribution is 5.99. The van der Waals surface area contributed by atoms with Crippen LogP contribution in [0.2, 0.25) is 0 Å². The van der Waals surface area contributed by atoms with E-state index < -0.39 is 0 Å². The number of nitrogens with one attached hydrogen (secondary N) is 1. The zero-order chi connectivity index (χ0) is 19.5. The number of piperazine rings is 1. The lowest BCUT2D eigenvalue weighted by Gasteiger charge is -2.40. The first-order valence-electron chi connectivity index (χ1n) is 9.56. The molecule has 28 heavy (non-hydrogen) atoms. The maximum absolute atomic E-state index is 12.9. The van der Waals surface area contributed by atoms with E-state index in [0.717, 1.165) is 23.5 Å². The largest absolute Gasteiger partial charge is 0.468 e. The number of amides is 2. The van der Waals surface area contributed by atoms with Gasteiger partial charge in [-0.1, -0.05) is 12.1 Å². The molecule has 1 aliphatic heterocycles. The smallest absolute Gasteiger partial charge is 0.322 e. The summed E-state index contributed by atoms with van der Waals surface area (Å²) in [6.07, 6.45) is 2.27. The lowest BCUT2D eigenvalue weighted by molar-refractivity contribution is 0.0669. The lowest BCUT2D eigenvalue weighted by Crippen LogP contribution is -2.55. The van der Waals surface area contributed by atoms with Gasteiger partial charge in [-0.2, -0.15) is 0 Å². The highest BCUT2D eigenvalue weighted by Gasteiger charge is 2.30. The predicted molar refractivity (Wildman–Crippen MR) is 106 cm³/mol. The summed E-state index contributed by atoms with van der Waals surface area (Å²) in [6, 6.07) is 11.4. The summed E-state index contributed by atoms with van der Waals surface area (Å²) in [5, 5.41) is 13.4. The summed E-state index contributed by atoms with van der Waals surface area (Å²) in [5.74, 6) is 1.70. The van der Waals surface area contributed by atoms with Gasteiger partial charge in [0.2, 0.25) is 0 Å². The fourth-order valence-electron chi connectivity index (χ4n) is 3.80. The second-order valence-electron chi connectivity index (χ2n) is 7.17. The van der Waals surface area contributed by atoms with Gasteiger partial charge in [-0.05, 0) is 37.6 Å². The number of nitrogens with zero attached hydrogens (tertiary/aromatic N) is 2. The van der Waals surface area contributed by atoms with Crippen molar-refractivity contribution in [1.82, 2.24) is 9.80 Å². The van der Waals surface area contributed by atoms with E-state index in [-0.39, 0.29) is 18.7 Å². The van der Waals surface area contributed by atoms with Crippen molar-refractivity contribution in [2.45, 2.75) is 25.9 Å². The summed E-state index contributed by atoms with van der Waals surface area (Å²) >= 11 is 0. The summed E-state index contributed by atoms with van der Waals surface area (Å²) in [6.45, 7) is 4.55. The molecule has 7 nitrogen and oxygen atoms in total. The van der Waals surface area contributed by atoms with E-state index >= 15 is 0 Å². The van der Waals surface area contributed by atoms with Crippen molar-refractivity contribution in [3.05, 3.63) is 54.2 Å². The standard InChI is InChI=1S/C21H25N3O4/c1-15-12-16-4-2-6-19(20(16)28-15)22-21(26)24-9-8-23(17(13-24)7-10-25)14-18-5-3-11-27-18/h2-6,11-12,17,25H,7-10,13-14H2,1H3,(H,22,26). The molecule has 1 saturated heterocycles. The Morgan fingerprint density at radius 1 is 1.29 bits per heavy atom. The molecule has 0 bridgehead atoms. The van der Waals surface area contributed by atoms with Crippen LogP contribution in [-0.4, -0.2) is 53.2 Å². The molecule has 0 saturated carbocycles. The van der Waals surface area contributed by atoms with Gasteiger partial charge in [-0.15, -0.1) is 0 Å². The Morgan fingerprint density at radius 3 is 2.96 bits per heavy atom. The van der Waals surface area contributed by atoms with E-state index in [2.05, 4.69) is 10.2 Å². The van der Waals surface area contributed by atoms with E-state index in [1.54, 1.807) is 11.2 Å². The highest BCUT2D eigenvalue weighted by atomic mass is 16.3. The van der Waals surface area contributed by atoms with Crippen molar-refractivity contribution in [3.63, 3.8) is 0 Å². The maximum atomic E-state index is 12.9. The molecule has 1 fully saturated rings. The topological polar surface area (TPSA) is 82.1 Å². The number of aliphatic hydroxyl groups is 1. The van der Waals surface area contributed by atoms with Gasteiger partial charge >= 0.3 is 6.03 Å². The number of anilines is 1. The number of carbonyl (C=O) groups is 1. The molecule has 1 unspecified atom stereocenters. The van der Waals surface area contributed by atoms with Crippen LogP contribution in [0.4, 0.5) is 10.5 Å². The molecule has 7 heteroatoms. The van der Waals surface area contributed by atoms with Crippen LogP contribution < -0.4 is 5.32 Å². The van der Waals surface area contributed by atoms with Crippen LogP contribution in [0.3, 0.4) is 0 Å². The average molecular weight is 383 g/mol. The second-order valence-corrected chi connectivity index (χ2v) is 7.17. The van der Waals surface area contributed by atoms with Gasteiger partial charge in [0, 0.05) is 37.7 Å². The van der Waals surface area contributed by atoms with E-state index in [4.69, 9.17) is 8.83 Å². The predicted octanol–water partition coefficient (Wildman–Crippen LogP) is 3.43. The Kier molecular flexibility index (Phi) is 5.36. The van der Waals surface area contributed by atoms with Gasteiger partial charge in [0.25, 0.3) is 0 Å². The number of urea groups is 1. The fraction of sp³-hybridized carbons (Fsp3) is 0.381. The Hall–Kier alpha value is -2.77. The molecule has 2 N–H and O–H groups in total. The SMILES string of the molecule is Cc1cc2cccc(NC(=O)N3CCN(Cc4ccco4)C(CCO)C3)c2o1. The van der Waals surface area contributed by atoms with Crippen LogP contribution in [0.25, 0.3) is 11.0 Å². The fourth-order valence-corrected chi connectivity index (χ4v) is 3.80. The third kappa shape index (κ3) is 3.90. The van der Waals surface area contributed by atoms with Crippen molar-refractivity contribution >= 4 is 22.7 Å². The van der Waals surface area contributed by atoms with E-state index in [1.807, 2.05) is 43.3 Å². The number of carbonyl (C=O) groups excluding carboxylic acids is 1. The van der Waals surface area contributed by atoms with Gasteiger partial charge in [-0.25, -0.2) is 4.79 Å². The van der Waals surface area contributed by atoms with Gasteiger partial charge in [0.15, 0.2) is 5.58 Å². The molecular formula is C21H25N3O4. The third-order valence-electron chi connectivity index (χ3n) is 5.20. The summed E-state index contributed by atoms with van der Waals surface area (Å²) in [5.41, 5.74) is 1.36. The van der Waals surface area contributed by atoms with Crippen LogP contribution in [0.1, 0.15) is 17.9 Å². The normalized spacial score (nSPS) is 17.9. The van der Waals surface area contributed by atoms with Crippen molar-refractivity contribution in [1.29, 1.82) is 0 Å². The number of aliphatic hydroxyl groups excluding tert-OH is 1. The zero-order valence-corrected chi connectivity index (χ0v) is 15.9. The molecule has 0 radical (unpaired) electrons. The van der Waals surface area contributed by atoms with Crippen LogP contribution in [0.5, 0.6) is 0 Å². The summed E-state index contributed by atoms with van der Waals surface area (Å²) in [7, 11) is 0. The minimum Gasteiger partial charge on any atom is -0.468 e. The van der Waals surface area contributed by atoms with E-state index in [0.29, 0.717) is 37.3 Å². The van der Waals surface area contributed by atoms with E-state index in [1.165, 1.54) is 0 Å². The molecule has 3 aromatic rings. The van der Waals surface area contributed by atoms with Crippen molar-refractivity contribution in [2.75, 3.05) is 31.6 Å². The Labute approximate surface area is 163 Å². The first-order chi connectivity index (χ1) is 13.6. The number of furan rings is 2. The highest BCUT2D eigenvalue weighted by Crippen LogP contribution is 2.27. The molecule has 3 heterocycles. The van der Waals surface area contributed by atoms with Gasteiger partial charge in [0.1, 0.15) is 11.5 Å². The van der Waals surface area contributed by atoms with Crippen LogP contribution in [0, 0.1) is 6.92 Å². The number of hydrogen-bond donors (Lipinski definition) is 2. The number of hydrogen-bond acceptors (Lipinski definition) is 5. The molecular weight excluding hydrogens is 358 g/mol. The zero-order valence-electron chi connectivity index (χ0n) is 15.9. The molecule has 148 valence electrons. The molecule has 1 aromatic carbocycles. The Balaban J connectivity index is 1.44. The first kappa shape index (κ1) is 18.6. The molecule has 1 aliphatic rings. The van der Waals surface area contributed by atoms with Crippen molar-refractivity contribution in [3.8, 4) is 0 Å². The number of benzene rings is 1. The minimum atomic E-state index is -0.151. The molecule has 1 atom stereocenters. The summed E-state index contributed by atoms with van der Waals surface area (Å²) < 4.78 is 11.2. The minimum absolute atomic E-state index is 0.0799.